The van der Waals surface area contributed by atoms with Gasteiger partial charge in [0.15, 0.2) is 18.9 Å². The summed E-state index contributed by atoms with van der Waals surface area (Å²) in [4.78, 5) is 0. The van der Waals surface area contributed by atoms with Crippen LogP contribution in [-0.2, 0) is 33.2 Å². The van der Waals surface area contributed by atoms with Crippen LogP contribution in [-0.4, -0.2) is 181 Å². The lowest BCUT2D eigenvalue weighted by atomic mass is 9.32. The van der Waals surface area contributed by atoms with Gasteiger partial charge in [-0.15, -0.1) is 0 Å². The highest BCUT2D eigenvalue weighted by Gasteiger charge is 2.79. The molecule has 4 aliphatic heterocycles. The van der Waals surface area contributed by atoms with Gasteiger partial charge < -0.3 is 84.2 Å². The molecule has 5 aliphatic carbocycles. The zero-order valence-electron chi connectivity index (χ0n) is 39.3. The molecule has 4 saturated heterocycles. The van der Waals surface area contributed by atoms with Crippen molar-refractivity contribution < 1.29 is 84.2 Å². The Bertz CT molecular complexity index is 1780. The summed E-state index contributed by atoms with van der Waals surface area (Å²) >= 11 is 0. The van der Waals surface area contributed by atoms with E-state index in [1.54, 1.807) is 0 Å². The SMILES string of the molecule is CC1O[C@@H](O[C@@H]2C(CO[C@@H]3OC(CO)[C@@H](O)[C@@H](O)C3O)O[C@@H](O[C@H]3CC[C@]4(C)C5C=C[C@]67OC[C@@]8(CCC(C)(C)C[C@H]86)[C@@H](O)C[C@@]7(C)[C@]5(C)CC[C@H]4C3(C)C)C(O)[C@@H]2O)C(O)[C@@H](O)[C@H]1O. The molecule has 8 fully saturated rings. The Balaban J connectivity index is 0.958. The van der Waals surface area contributed by atoms with Crippen LogP contribution in [0.15, 0.2) is 12.2 Å². The number of allylic oxidation sites excluding steroid dienone is 1. The molecule has 10 N–H and O–H groups in total. The number of fused-ring (bicyclic) bond motifs is 4. The Morgan fingerprint density at radius 2 is 1.28 bits per heavy atom. The van der Waals surface area contributed by atoms with E-state index in [9.17, 15) is 51.1 Å². The van der Waals surface area contributed by atoms with Gasteiger partial charge in [0.25, 0.3) is 0 Å². The molecule has 25 atom stereocenters. The van der Waals surface area contributed by atoms with Crippen molar-refractivity contribution in [3.05, 3.63) is 12.2 Å². The third-order valence-corrected chi connectivity index (χ3v) is 19.9. The number of aliphatic hydroxyl groups is 10. The van der Waals surface area contributed by atoms with Gasteiger partial charge >= 0.3 is 0 Å². The number of rotatable bonds is 8. The lowest BCUT2D eigenvalue weighted by Gasteiger charge is -2.73. The van der Waals surface area contributed by atoms with Gasteiger partial charge in [-0.2, -0.15) is 0 Å². The molecule has 0 aromatic heterocycles. The van der Waals surface area contributed by atoms with E-state index >= 15 is 0 Å². The Labute approximate surface area is 382 Å². The molecule has 2 bridgehead atoms. The highest BCUT2D eigenvalue weighted by molar-refractivity contribution is 5.36. The standard InChI is InChI=1S/C48H78O17/c1-22-30(51)32(53)36(57)40(61-22)65-38-24(20-59-39-35(56)33(54)31(52)23(19-49)62-39)63-41(37(58)34(38)55)64-29-11-12-44(6)25(43(29,4)5)9-13-45(7)26(44)10-14-48-27-17-42(2,3)15-16-47(27,21-60-48)28(50)18-46(45,48)8/h10,14,22-41,49-58H,9,11-13,15-21H2,1-8H3/t22?,23?,24?,25-,26?,27+,28-,29-,30-,31+,32-,33+,34-,35?,36?,37?,38+,39+,40-,41-,44-,45+,46-,47+,48-/m0/s1. The van der Waals surface area contributed by atoms with Gasteiger partial charge in [-0.25, -0.2) is 0 Å². The van der Waals surface area contributed by atoms with E-state index < -0.39 is 129 Å². The maximum atomic E-state index is 12.2. The molecule has 17 heteroatoms. The van der Waals surface area contributed by atoms with E-state index in [0.29, 0.717) is 19.4 Å². The normalized spacial score (nSPS) is 58.0. The third-order valence-electron chi connectivity index (χ3n) is 19.9. The summed E-state index contributed by atoms with van der Waals surface area (Å²) in [6.07, 6.45) is -12.0. The van der Waals surface area contributed by atoms with E-state index in [4.69, 9.17) is 33.2 Å². The first-order valence-corrected chi connectivity index (χ1v) is 24.3. The molecule has 0 aromatic carbocycles. The van der Waals surface area contributed by atoms with Crippen LogP contribution in [0.3, 0.4) is 0 Å². The van der Waals surface area contributed by atoms with Crippen molar-refractivity contribution in [3.63, 3.8) is 0 Å². The molecule has 9 rings (SSSR count). The summed E-state index contributed by atoms with van der Waals surface area (Å²) in [6, 6.07) is 0. The lowest BCUT2D eigenvalue weighted by Crippen LogP contribution is -2.72. The molecule has 7 unspecified atom stereocenters. The second-order valence-electron chi connectivity index (χ2n) is 24.0. The minimum absolute atomic E-state index is 0.163. The van der Waals surface area contributed by atoms with Crippen molar-refractivity contribution in [3.8, 4) is 0 Å². The van der Waals surface area contributed by atoms with Crippen LogP contribution >= 0.6 is 0 Å². The maximum Gasteiger partial charge on any atom is 0.187 e. The zero-order chi connectivity index (χ0) is 47.2. The summed E-state index contributed by atoms with van der Waals surface area (Å²) in [6.45, 7) is 17.2. The van der Waals surface area contributed by atoms with Gasteiger partial charge in [0.1, 0.15) is 67.1 Å². The molecule has 4 heterocycles. The van der Waals surface area contributed by atoms with Crippen molar-refractivity contribution >= 4 is 0 Å². The van der Waals surface area contributed by atoms with Crippen molar-refractivity contribution in [1.29, 1.82) is 0 Å². The largest absolute Gasteiger partial charge is 0.394 e. The van der Waals surface area contributed by atoms with Gasteiger partial charge in [0, 0.05) is 16.7 Å². The number of ether oxygens (including phenoxy) is 7. The number of hydrogen-bond acceptors (Lipinski definition) is 17. The molecule has 0 radical (unpaired) electrons. The van der Waals surface area contributed by atoms with Crippen LogP contribution in [0.4, 0.5) is 0 Å². The molecule has 4 saturated carbocycles. The molecule has 372 valence electrons. The second-order valence-corrected chi connectivity index (χ2v) is 24.0. The Kier molecular flexibility index (Phi) is 12.5. The van der Waals surface area contributed by atoms with Crippen LogP contribution < -0.4 is 0 Å². The first kappa shape index (κ1) is 49.1. The van der Waals surface area contributed by atoms with Crippen LogP contribution in [0.25, 0.3) is 0 Å². The number of aliphatic hydroxyl groups excluding tert-OH is 10. The molecule has 0 aromatic rings. The first-order chi connectivity index (χ1) is 30.3. The summed E-state index contributed by atoms with van der Waals surface area (Å²) in [7, 11) is 0. The van der Waals surface area contributed by atoms with Gasteiger partial charge in [-0.3, -0.25) is 0 Å². The number of hydrogen-bond donors (Lipinski definition) is 10. The summed E-state index contributed by atoms with van der Waals surface area (Å²) in [5, 5.41) is 109. The van der Waals surface area contributed by atoms with Gasteiger partial charge in [0.2, 0.25) is 0 Å². The van der Waals surface area contributed by atoms with Crippen molar-refractivity contribution in [1.82, 2.24) is 0 Å². The Morgan fingerprint density at radius 3 is 1.98 bits per heavy atom. The summed E-state index contributed by atoms with van der Waals surface area (Å²) < 4.78 is 43.5. The average Bonchev–Trinajstić information content (AvgIpc) is 3.52. The smallest absolute Gasteiger partial charge is 0.187 e. The van der Waals surface area contributed by atoms with E-state index in [1.807, 2.05) is 0 Å². The predicted octanol–water partition coefficient (Wildman–Crippen LogP) is 0.629. The van der Waals surface area contributed by atoms with Gasteiger partial charge in [-0.1, -0.05) is 60.6 Å². The quantitative estimate of drug-likeness (QED) is 0.118. The molecule has 65 heavy (non-hydrogen) atoms. The molecule has 1 spiro atoms. The van der Waals surface area contributed by atoms with E-state index in [2.05, 4.69) is 60.6 Å². The highest BCUT2D eigenvalue weighted by Crippen LogP contribution is 2.79. The molecular formula is C48H78O17. The maximum absolute atomic E-state index is 12.2. The zero-order valence-corrected chi connectivity index (χ0v) is 39.3. The van der Waals surface area contributed by atoms with Gasteiger partial charge in [0.05, 0.1) is 43.7 Å². The topological polar surface area (TPSA) is 267 Å². The Morgan fingerprint density at radius 1 is 0.631 bits per heavy atom. The molecule has 17 nitrogen and oxygen atoms in total. The van der Waals surface area contributed by atoms with Crippen LogP contribution in [0.2, 0.25) is 0 Å². The van der Waals surface area contributed by atoms with E-state index in [1.165, 1.54) is 6.92 Å². The van der Waals surface area contributed by atoms with Gasteiger partial charge in [-0.05, 0) is 91.8 Å². The van der Waals surface area contributed by atoms with Crippen LogP contribution in [0, 0.1) is 50.2 Å². The van der Waals surface area contributed by atoms with Crippen molar-refractivity contribution in [2.24, 2.45) is 50.2 Å². The minimum Gasteiger partial charge on any atom is -0.394 e. The molecular weight excluding hydrogens is 849 g/mol. The second kappa shape index (κ2) is 16.6. The van der Waals surface area contributed by atoms with Crippen molar-refractivity contribution in [2.75, 3.05) is 19.8 Å². The summed E-state index contributed by atoms with van der Waals surface area (Å²) in [5.74, 6) is 0.593. The molecule has 0 amide bonds. The monoisotopic (exact) mass is 927 g/mol. The lowest BCUT2D eigenvalue weighted by molar-refractivity contribution is -0.374. The molecule has 9 aliphatic rings. The first-order valence-electron chi connectivity index (χ1n) is 24.3. The minimum atomic E-state index is -1.75. The third kappa shape index (κ3) is 7.09. The van der Waals surface area contributed by atoms with Crippen LogP contribution in [0.1, 0.15) is 107 Å². The predicted molar refractivity (Wildman–Crippen MR) is 228 cm³/mol. The van der Waals surface area contributed by atoms with E-state index in [-0.39, 0.29) is 44.8 Å². The van der Waals surface area contributed by atoms with Crippen molar-refractivity contribution in [2.45, 2.75) is 217 Å². The fourth-order valence-electron chi connectivity index (χ4n) is 15.7. The fourth-order valence-corrected chi connectivity index (χ4v) is 15.7. The average molecular weight is 927 g/mol. The Hall–Kier alpha value is -0.940. The summed E-state index contributed by atoms with van der Waals surface area (Å²) in [5.41, 5.74) is -1.61. The highest BCUT2D eigenvalue weighted by atomic mass is 16.8. The fraction of sp³-hybridized carbons (Fsp3) is 0.958. The van der Waals surface area contributed by atoms with Crippen LogP contribution in [0.5, 0.6) is 0 Å². The van der Waals surface area contributed by atoms with E-state index in [0.717, 1.165) is 38.5 Å².